The number of nitrogens with two attached hydrogens (primary N) is 1. The van der Waals surface area contributed by atoms with Crippen LogP contribution in [0.1, 0.15) is 11.1 Å². The van der Waals surface area contributed by atoms with Gasteiger partial charge < -0.3 is 15.2 Å². The Bertz CT molecular complexity index is 338. The lowest BCUT2D eigenvalue weighted by molar-refractivity contribution is 0.392. The standard InChI is InChI=1S/C10H13NO2S/c1-6-4-7(12-2)9(10(11)14)8(5-6)13-3/h4-5H,1-3H3,(H2,11,14). The van der Waals surface area contributed by atoms with Gasteiger partial charge in [0, 0.05) is 0 Å². The summed E-state index contributed by atoms with van der Waals surface area (Å²) < 4.78 is 10.4. The third-order valence-corrected chi connectivity index (χ3v) is 2.10. The number of methoxy groups -OCH3 is 2. The maximum absolute atomic E-state index is 5.59. The van der Waals surface area contributed by atoms with Gasteiger partial charge in [-0.25, -0.2) is 0 Å². The van der Waals surface area contributed by atoms with E-state index in [0.29, 0.717) is 17.1 Å². The van der Waals surface area contributed by atoms with Gasteiger partial charge in [-0.15, -0.1) is 0 Å². The molecule has 0 radical (unpaired) electrons. The third kappa shape index (κ3) is 1.96. The van der Waals surface area contributed by atoms with Gasteiger partial charge in [0.1, 0.15) is 16.5 Å². The number of hydrogen-bond donors (Lipinski definition) is 1. The van der Waals surface area contributed by atoms with E-state index in [4.69, 9.17) is 27.4 Å². The van der Waals surface area contributed by atoms with Crippen LogP contribution in [0.2, 0.25) is 0 Å². The molecular weight excluding hydrogens is 198 g/mol. The average molecular weight is 211 g/mol. The van der Waals surface area contributed by atoms with Crippen LogP contribution in [0.25, 0.3) is 0 Å². The van der Waals surface area contributed by atoms with Crippen LogP contribution < -0.4 is 15.2 Å². The van der Waals surface area contributed by atoms with Crippen molar-refractivity contribution >= 4 is 17.2 Å². The van der Waals surface area contributed by atoms with Gasteiger partial charge in [-0.3, -0.25) is 0 Å². The topological polar surface area (TPSA) is 44.5 Å². The molecule has 0 amide bonds. The monoisotopic (exact) mass is 211 g/mol. The Hall–Kier alpha value is -1.29. The fourth-order valence-electron chi connectivity index (χ4n) is 1.29. The van der Waals surface area contributed by atoms with Crippen molar-refractivity contribution in [3.8, 4) is 11.5 Å². The largest absolute Gasteiger partial charge is 0.496 e. The molecule has 14 heavy (non-hydrogen) atoms. The summed E-state index contributed by atoms with van der Waals surface area (Å²) in [6.45, 7) is 1.95. The molecule has 0 bridgehead atoms. The van der Waals surface area contributed by atoms with Gasteiger partial charge in [0.2, 0.25) is 0 Å². The number of ether oxygens (including phenoxy) is 2. The number of benzene rings is 1. The van der Waals surface area contributed by atoms with Crippen molar-refractivity contribution < 1.29 is 9.47 Å². The van der Waals surface area contributed by atoms with E-state index in [0.717, 1.165) is 5.56 Å². The Morgan fingerprint density at radius 2 is 1.64 bits per heavy atom. The summed E-state index contributed by atoms with van der Waals surface area (Å²) in [5.41, 5.74) is 7.28. The summed E-state index contributed by atoms with van der Waals surface area (Å²) in [5, 5.41) is 0. The van der Waals surface area contributed by atoms with E-state index in [1.165, 1.54) is 0 Å². The molecule has 0 unspecified atom stereocenters. The summed E-state index contributed by atoms with van der Waals surface area (Å²) in [7, 11) is 3.16. The Balaban J connectivity index is 3.40. The summed E-state index contributed by atoms with van der Waals surface area (Å²) in [6, 6.07) is 3.74. The summed E-state index contributed by atoms with van der Waals surface area (Å²) in [4.78, 5) is 0.277. The molecule has 0 fully saturated rings. The number of rotatable bonds is 3. The second-order valence-electron chi connectivity index (χ2n) is 2.91. The van der Waals surface area contributed by atoms with E-state index >= 15 is 0 Å². The molecule has 1 aromatic rings. The molecule has 1 aromatic carbocycles. The molecule has 4 heteroatoms. The van der Waals surface area contributed by atoms with Gasteiger partial charge in [-0.2, -0.15) is 0 Å². The van der Waals surface area contributed by atoms with Crippen molar-refractivity contribution in [2.75, 3.05) is 14.2 Å². The SMILES string of the molecule is COc1cc(C)cc(OC)c1C(N)=S. The summed E-state index contributed by atoms with van der Waals surface area (Å²) >= 11 is 4.93. The van der Waals surface area contributed by atoms with Gasteiger partial charge in [0.05, 0.1) is 19.8 Å². The predicted molar refractivity (Wildman–Crippen MR) is 60.2 cm³/mol. The minimum atomic E-state index is 0.277. The van der Waals surface area contributed by atoms with Gasteiger partial charge in [-0.1, -0.05) is 12.2 Å². The van der Waals surface area contributed by atoms with E-state index in [1.54, 1.807) is 14.2 Å². The van der Waals surface area contributed by atoms with Crippen LogP contribution in [0.15, 0.2) is 12.1 Å². The fraction of sp³-hybridized carbons (Fsp3) is 0.300. The zero-order valence-corrected chi connectivity index (χ0v) is 9.27. The van der Waals surface area contributed by atoms with Crippen LogP contribution in [-0.4, -0.2) is 19.2 Å². The molecule has 0 aromatic heterocycles. The molecule has 0 aliphatic carbocycles. The molecule has 76 valence electrons. The summed E-state index contributed by atoms with van der Waals surface area (Å²) in [5.74, 6) is 1.30. The van der Waals surface area contributed by atoms with Gasteiger partial charge in [-0.05, 0) is 24.6 Å². The Morgan fingerprint density at radius 1 is 1.21 bits per heavy atom. The number of thiocarbonyl (C=S) groups is 1. The minimum Gasteiger partial charge on any atom is -0.496 e. The molecule has 3 nitrogen and oxygen atoms in total. The molecular formula is C10H13NO2S. The zero-order chi connectivity index (χ0) is 10.7. The highest BCUT2D eigenvalue weighted by atomic mass is 32.1. The highest BCUT2D eigenvalue weighted by Crippen LogP contribution is 2.29. The lowest BCUT2D eigenvalue weighted by Gasteiger charge is -2.12. The van der Waals surface area contributed by atoms with E-state index < -0.39 is 0 Å². The van der Waals surface area contributed by atoms with E-state index in [-0.39, 0.29) is 4.99 Å². The molecule has 0 spiro atoms. The van der Waals surface area contributed by atoms with E-state index in [1.807, 2.05) is 19.1 Å². The van der Waals surface area contributed by atoms with E-state index in [9.17, 15) is 0 Å². The first-order chi connectivity index (χ1) is 6.60. The molecule has 0 aliphatic rings. The van der Waals surface area contributed by atoms with Crippen LogP contribution in [0.3, 0.4) is 0 Å². The first kappa shape index (κ1) is 10.8. The third-order valence-electron chi connectivity index (χ3n) is 1.90. The molecule has 0 heterocycles. The summed E-state index contributed by atoms with van der Waals surface area (Å²) in [6.07, 6.45) is 0. The van der Waals surface area contributed by atoms with Gasteiger partial charge in [0.15, 0.2) is 0 Å². The maximum Gasteiger partial charge on any atom is 0.133 e. The van der Waals surface area contributed by atoms with Gasteiger partial charge in [0.25, 0.3) is 0 Å². The molecule has 0 aliphatic heterocycles. The smallest absolute Gasteiger partial charge is 0.133 e. The van der Waals surface area contributed by atoms with Crippen LogP contribution in [-0.2, 0) is 0 Å². The van der Waals surface area contributed by atoms with Gasteiger partial charge >= 0.3 is 0 Å². The number of aryl methyl sites for hydroxylation is 1. The molecule has 0 saturated carbocycles. The first-order valence-electron chi connectivity index (χ1n) is 4.12. The predicted octanol–water partition coefficient (Wildman–Crippen LogP) is 1.65. The van der Waals surface area contributed by atoms with Crippen molar-refractivity contribution in [3.05, 3.63) is 23.3 Å². The van der Waals surface area contributed by atoms with Crippen molar-refractivity contribution in [1.29, 1.82) is 0 Å². The van der Waals surface area contributed by atoms with Crippen LogP contribution >= 0.6 is 12.2 Å². The lowest BCUT2D eigenvalue weighted by atomic mass is 10.1. The molecule has 2 N–H and O–H groups in total. The van der Waals surface area contributed by atoms with Crippen molar-refractivity contribution in [2.45, 2.75) is 6.92 Å². The lowest BCUT2D eigenvalue weighted by Crippen LogP contribution is -2.13. The van der Waals surface area contributed by atoms with E-state index in [2.05, 4.69) is 0 Å². The quantitative estimate of drug-likeness (QED) is 0.772. The van der Waals surface area contributed by atoms with Crippen molar-refractivity contribution in [2.24, 2.45) is 5.73 Å². The first-order valence-corrected chi connectivity index (χ1v) is 4.53. The zero-order valence-electron chi connectivity index (χ0n) is 8.46. The molecule has 1 rings (SSSR count). The highest BCUT2D eigenvalue weighted by molar-refractivity contribution is 7.80. The fourth-order valence-corrected chi connectivity index (χ4v) is 1.49. The van der Waals surface area contributed by atoms with Crippen LogP contribution in [0.5, 0.6) is 11.5 Å². The van der Waals surface area contributed by atoms with Crippen LogP contribution in [0, 0.1) is 6.92 Å². The Kier molecular flexibility index (Phi) is 3.30. The minimum absolute atomic E-state index is 0.277. The Labute approximate surface area is 88.8 Å². The second-order valence-corrected chi connectivity index (χ2v) is 3.35. The second kappa shape index (κ2) is 4.28. The Morgan fingerprint density at radius 3 is 1.93 bits per heavy atom. The molecule has 0 atom stereocenters. The molecule has 0 saturated heterocycles. The normalized spacial score (nSPS) is 9.64. The number of hydrogen-bond acceptors (Lipinski definition) is 3. The van der Waals surface area contributed by atoms with Crippen molar-refractivity contribution in [1.82, 2.24) is 0 Å². The average Bonchev–Trinajstić information content (AvgIpc) is 2.15. The van der Waals surface area contributed by atoms with Crippen LogP contribution in [0.4, 0.5) is 0 Å². The van der Waals surface area contributed by atoms with Crippen molar-refractivity contribution in [3.63, 3.8) is 0 Å². The highest BCUT2D eigenvalue weighted by Gasteiger charge is 2.13. The maximum atomic E-state index is 5.59.